The van der Waals surface area contributed by atoms with Gasteiger partial charge in [0.05, 0.1) is 31.0 Å². The third-order valence-electron chi connectivity index (χ3n) is 6.07. The van der Waals surface area contributed by atoms with Crippen LogP contribution >= 0.6 is 0 Å². The summed E-state index contributed by atoms with van der Waals surface area (Å²) >= 11 is 0. The molecule has 1 aromatic heterocycles. The predicted molar refractivity (Wildman–Crippen MR) is 122 cm³/mol. The van der Waals surface area contributed by atoms with Gasteiger partial charge in [0.2, 0.25) is 5.91 Å². The van der Waals surface area contributed by atoms with Crippen LogP contribution in [0.1, 0.15) is 36.8 Å². The summed E-state index contributed by atoms with van der Waals surface area (Å²) in [6.45, 7) is 10.2. The first-order valence-electron chi connectivity index (χ1n) is 11.0. The molecule has 2 aromatic rings. The molecule has 1 saturated heterocycles. The minimum atomic E-state index is -0.112. The third kappa shape index (κ3) is 4.80. The number of morpholine rings is 1. The van der Waals surface area contributed by atoms with Gasteiger partial charge in [-0.2, -0.15) is 0 Å². The first-order chi connectivity index (χ1) is 14.9. The van der Waals surface area contributed by atoms with Gasteiger partial charge in [0.1, 0.15) is 5.82 Å². The molecule has 166 valence electrons. The van der Waals surface area contributed by atoms with Crippen LogP contribution in [0.4, 0.5) is 11.5 Å². The van der Waals surface area contributed by atoms with Gasteiger partial charge < -0.3 is 20.7 Å². The Morgan fingerprint density at radius 2 is 2.00 bits per heavy atom. The average Bonchev–Trinajstić information content (AvgIpc) is 2.74. The van der Waals surface area contributed by atoms with E-state index in [2.05, 4.69) is 41.6 Å². The second-order valence-electron chi connectivity index (χ2n) is 8.66. The minimum absolute atomic E-state index is 0.0691. The molecule has 3 N–H and O–H groups in total. The van der Waals surface area contributed by atoms with Crippen LogP contribution in [0.2, 0.25) is 0 Å². The van der Waals surface area contributed by atoms with E-state index in [-0.39, 0.29) is 17.9 Å². The SMILES string of the molecule is CC(C)[C@H](C)Nc1nc2c(c3cc(NC(=O)CN4CCOCC4)ccc13)C(=O)NCC2. The van der Waals surface area contributed by atoms with Crippen molar-refractivity contribution in [1.29, 1.82) is 0 Å². The zero-order valence-corrected chi connectivity index (χ0v) is 18.5. The lowest BCUT2D eigenvalue weighted by atomic mass is 9.97. The lowest BCUT2D eigenvalue weighted by molar-refractivity contribution is -0.118. The Kier molecular flexibility index (Phi) is 6.38. The zero-order chi connectivity index (χ0) is 22.0. The summed E-state index contributed by atoms with van der Waals surface area (Å²) in [4.78, 5) is 32.1. The smallest absolute Gasteiger partial charge is 0.253 e. The number of pyridine rings is 1. The molecule has 0 aliphatic carbocycles. The maximum absolute atomic E-state index is 12.7. The normalized spacial score (nSPS) is 17.9. The molecule has 4 rings (SSSR count). The van der Waals surface area contributed by atoms with Crippen molar-refractivity contribution in [3.63, 3.8) is 0 Å². The molecule has 8 nitrogen and oxygen atoms in total. The average molecular weight is 426 g/mol. The Morgan fingerprint density at radius 1 is 1.23 bits per heavy atom. The van der Waals surface area contributed by atoms with E-state index < -0.39 is 0 Å². The van der Waals surface area contributed by atoms with E-state index in [9.17, 15) is 9.59 Å². The van der Waals surface area contributed by atoms with Crippen molar-refractivity contribution in [3.05, 3.63) is 29.5 Å². The molecule has 1 atom stereocenters. The van der Waals surface area contributed by atoms with Crippen LogP contribution in [0.25, 0.3) is 10.8 Å². The van der Waals surface area contributed by atoms with Gasteiger partial charge in [0, 0.05) is 48.6 Å². The van der Waals surface area contributed by atoms with Gasteiger partial charge in [-0.05, 0) is 31.0 Å². The second-order valence-corrected chi connectivity index (χ2v) is 8.66. The zero-order valence-electron chi connectivity index (χ0n) is 18.5. The number of ether oxygens (including phenoxy) is 1. The molecule has 8 heteroatoms. The first-order valence-corrected chi connectivity index (χ1v) is 11.0. The van der Waals surface area contributed by atoms with Crippen LogP contribution in [0, 0.1) is 5.92 Å². The fourth-order valence-corrected chi connectivity index (χ4v) is 3.91. The highest BCUT2D eigenvalue weighted by atomic mass is 16.5. The van der Waals surface area contributed by atoms with Crippen molar-refractivity contribution < 1.29 is 14.3 Å². The summed E-state index contributed by atoms with van der Waals surface area (Å²) in [7, 11) is 0. The lowest BCUT2D eigenvalue weighted by Crippen LogP contribution is -2.41. The van der Waals surface area contributed by atoms with E-state index in [0.717, 1.165) is 35.4 Å². The number of carbonyl (C=O) groups is 2. The molecule has 0 spiro atoms. The Labute approximate surface area is 182 Å². The number of fused-ring (bicyclic) bond motifs is 3. The topological polar surface area (TPSA) is 95.6 Å². The summed E-state index contributed by atoms with van der Waals surface area (Å²) in [6, 6.07) is 5.94. The van der Waals surface area contributed by atoms with Gasteiger partial charge in [-0.25, -0.2) is 4.98 Å². The lowest BCUT2D eigenvalue weighted by Gasteiger charge is -2.26. The number of hydrogen-bond acceptors (Lipinski definition) is 6. The summed E-state index contributed by atoms with van der Waals surface area (Å²) < 4.78 is 5.34. The van der Waals surface area contributed by atoms with Gasteiger partial charge in [-0.3, -0.25) is 14.5 Å². The Balaban J connectivity index is 1.65. The van der Waals surface area contributed by atoms with Crippen LogP contribution in [-0.2, 0) is 16.0 Å². The molecule has 0 saturated carbocycles. The molecule has 0 bridgehead atoms. The van der Waals surface area contributed by atoms with E-state index in [0.29, 0.717) is 49.9 Å². The van der Waals surface area contributed by atoms with Crippen molar-refractivity contribution in [2.45, 2.75) is 33.2 Å². The van der Waals surface area contributed by atoms with Gasteiger partial charge in [0.25, 0.3) is 5.91 Å². The van der Waals surface area contributed by atoms with E-state index in [1.54, 1.807) is 0 Å². The molecule has 0 unspecified atom stereocenters. The number of hydrogen-bond donors (Lipinski definition) is 3. The fraction of sp³-hybridized carbons (Fsp3) is 0.522. The van der Waals surface area contributed by atoms with Crippen LogP contribution in [-0.4, -0.2) is 67.1 Å². The molecule has 2 aliphatic heterocycles. The van der Waals surface area contributed by atoms with Gasteiger partial charge in [0.15, 0.2) is 0 Å². The van der Waals surface area contributed by atoms with Crippen LogP contribution < -0.4 is 16.0 Å². The summed E-state index contributed by atoms with van der Waals surface area (Å²) in [6.07, 6.45) is 0.690. The van der Waals surface area contributed by atoms with Gasteiger partial charge >= 0.3 is 0 Å². The fourth-order valence-electron chi connectivity index (χ4n) is 3.91. The number of amides is 2. The second kappa shape index (κ2) is 9.20. The number of aromatic nitrogens is 1. The van der Waals surface area contributed by atoms with Gasteiger partial charge in [-0.15, -0.1) is 0 Å². The predicted octanol–water partition coefficient (Wildman–Crippen LogP) is 2.25. The number of carbonyl (C=O) groups excluding carboxylic acids is 2. The maximum atomic E-state index is 12.7. The summed E-state index contributed by atoms with van der Waals surface area (Å²) in [5.74, 6) is 1.05. The Morgan fingerprint density at radius 3 is 2.74 bits per heavy atom. The number of nitrogens with one attached hydrogen (secondary N) is 3. The van der Waals surface area contributed by atoms with E-state index >= 15 is 0 Å². The highest BCUT2D eigenvalue weighted by Crippen LogP contribution is 2.32. The highest BCUT2D eigenvalue weighted by molar-refractivity contribution is 6.12. The number of nitrogens with zero attached hydrogens (tertiary/aromatic N) is 2. The largest absolute Gasteiger partial charge is 0.379 e. The number of benzene rings is 1. The van der Waals surface area contributed by atoms with Gasteiger partial charge in [-0.1, -0.05) is 13.8 Å². The minimum Gasteiger partial charge on any atom is -0.379 e. The summed E-state index contributed by atoms with van der Waals surface area (Å²) in [5.41, 5.74) is 2.08. The molecule has 0 radical (unpaired) electrons. The van der Waals surface area contributed by atoms with Crippen molar-refractivity contribution in [2.24, 2.45) is 5.92 Å². The highest BCUT2D eigenvalue weighted by Gasteiger charge is 2.24. The van der Waals surface area contributed by atoms with Crippen LogP contribution in [0.15, 0.2) is 18.2 Å². The molecule has 1 fully saturated rings. The van der Waals surface area contributed by atoms with E-state index in [1.165, 1.54) is 0 Å². The van der Waals surface area contributed by atoms with Crippen molar-refractivity contribution in [1.82, 2.24) is 15.2 Å². The van der Waals surface area contributed by atoms with Crippen molar-refractivity contribution in [3.8, 4) is 0 Å². The number of rotatable bonds is 6. The molecule has 2 amide bonds. The Hall–Kier alpha value is -2.71. The van der Waals surface area contributed by atoms with Crippen molar-refractivity contribution >= 4 is 34.1 Å². The molecular formula is C23H31N5O3. The van der Waals surface area contributed by atoms with E-state index in [4.69, 9.17) is 9.72 Å². The van der Waals surface area contributed by atoms with E-state index in [1.807, 2.05) is 18.2 Å². The summed E-state index contributed by atoms with van der Waals surface area (Å²) in [5, 5.41) is 11.1. The third-order valence-corrected chi connectivity index (χ3v) is 6.07. The molecular weight excluding hydrogens is 394 g/mol. The molecule has 2 aliphatic rings. The standard InChI is InChI=1S/C23H31N5O3/c1-14(2)15(3)25-22-17-5-4-16(26-20(29)13-28-8-10-31-11-9-28)12-18(17)21-19(27-22)6-7-24-23(21)30/h4-5,12,14-15H,6-11,13H2,1-3H3,(H,24,30)(H,25,27)(H,26,29)/t15-/m0/s1. The monoisotopic (exact) mass is 425 g/mol. The van der Waals surface area contributed by atoms with Crippen LogP contribution in [0.3, 0.4) is 0 Å². The van der Waals surface area contributed by atoms with Crippen LogP contribution in [0.5, 0.6) is 0 Å². The quantitative estimate of drug-likeness (QED) is 0.657. The first kappa shape index (κ1) is 21.5. The molecule has 31 heavy (non-hydrogen) atoms. The molecule has 3 heterocycles. The van der Waals surface area contributed by atoms with Crippen molar-refractivity contribution in [2.75, 3.05) is 50.0 Å². The molecule has 1 aromatic carbocycles. The Bertz CT molecular complexity index is 985. The maximum Gasteiger partial charge on any atom is 0.253 e. The number of anilines is 2.